The lowest BCUT2D eigenvalue weighted by Gasteiger charge is -1.87. The second-order valence-corrected chi connectivity index (χ2v) is 3.34. The van der Waals surface area contributed by atoms with Crippen LogP contribution in [-0.4, -0.2) is 17.8 Å². The van der Waals surface area contributed by atoms with Gasteiger partial charge in [0, 0.05) is 0 Å². The van der Waals surface area contributed by atoms with Crippen LogP contribution >= 0.6 is 11.3 Å². The number of nitrogens with zero attached hydrogens (tertiary/aromatic N) is 2. The maximum atomic E-state index is 5.51. The topological polar surface area (TPSA) is 51.8 Å². The molecule has 2 heterocycles. The Morgan fingerprint density at radius 3 is 3.00 bits per heavy atom. The van der Waals surface area contributed by atoms with Gasteiger partial charge in [-0.25, -0.2) is 4.98 Å². The van der Waals surface area contributed by atoms with Gasteiger partial charge in [-0.2, -0.15) is 0 Å². The van der Waals surface area contributed by atoms with Crippen LogP contribution in [0, 0.1) is 0 Å². The van der Waals surface area contributed by atoms with E-state index in [1.165, 1.54) is 11.3 Å². The van der Waals surface area contributed by atoms with E-state index in [9.17, 15) is 0 Å². The number of nitrogens with two attached hydrogens (primary N) is 1. The van der Waals surface area contributed by atoms with E-state index in [2.05, 4.69) is 9.97 Å². The van der Waals surface area contributed by atoms with Gasteiger partial charge < -0.3 is 5.73 Å². The molecule has 0 aliphatic carbocycles. The molecule has 2 aromatic heterocycles. The molecular formula is C6H6BN3S. The highest BCUT2D eigenvalue weighted by Crippen LogP contribution is 2.19. The van der Waals surface area contributed by atoms with E-state index in [1.807, 2.05) is 20.0 Å². The van der Waals surface area contributed by atoms with Crippen molar-refractivity contribution in [2.24, 2.45) is 0 Å². The zero-order valence-corrected chi connectivity index (χ0v) is 6.85. The number of fused-ring (bicyclic) bond motifs is 1. The highest BCUT2D eigenvalue weighted by Gasteiger charge is 2.00. The monoisotopic (exact) mass is 163 g/mol. The van der Waals surface area contributed by atoms with Crippen molar-refractivity contribution >= 4 is 40.3 Å². The van der Waals surface area contributed by atoms with Crippen molar-refractivity contribution in [2.45, 2.75) is 0 Å². The number of rotatable bonds is 0. The molecule has 0 bridgehead atoms. The molecule has 3 nitrogen and oxygen atoms in total. The molecule has 0 amide bonds. The highest BCUT2D eigenvalue weighted by atomic mass is 32.1. The SMILES string of the molecule is Bc1ccc2nc(N)sc2n1. The number of hydrogen-bond acceptors (Lipinski definition) is 4. The van der Waals surface area contributed by atoms with Crippen molar-refractivity contribution < 1.29 is 0 Å². The van der Waals surface area contributed by atoms with E-state index in [1.54, 1.807) is 0 Å². The molecular weight excluding hydrogens is 157 g/mol. The lowest BCUT2D eigenvalue weighted by molar-refractivity contribution is 1.45. The first-order chi connectivity index (χ1) is 5.25. The molecule has 11 heavy (non-hydrogen) atoms. The molecule has 0 saturated heterocycles. The maximum absolute atomic E-state index is 5.51. The first kappa shape index (κ1) is 6.60. The van der Waals surface area contributed by atoms with Crippen molar-refractivity contribution in [2.75, 3.05) is 5.73 Å². The van der Waals surface area contributed by atoms with Gasteiger partial charge in [0.05, 0.1) is 0 Å². The summed E-state index contributed by atoms with van der Waals surface area (Å²) in [6.45, 7) is 0. The standard InChI is InChI=1S/C6H6BN3S/c7-4-2-1-3-5(10-4)11-6(8)9-3/h1-2H,7H2,(H2,8,9). The molecule has 0 radical (unpaired) electrons. The number of thiazole rings is 1. The van der Waals surface area contributed by atoms with E-state index in [0.717, 1.165) is 15.9 Å². The third-order valence-electron chi connectivity index (χ3n) is 1.41. The van der Waals surface area contributed by atoms with Crippen molar-refractivity contribution in [1.29, 1.82) is 0 Å². The fourth-order valence-electron chi connectivity index (χ4n) is 0.926. The number of pyridine rings is 1. The molecule has 2 aromatic rings. The summed E-state index contributed by atoms with van der Waals surface area (Å²) in [5, 5.41) is 0.582. The van der Waals surface area contributed by atoms with Gasteiger partial charge in [0.25, 0.3) is 0 Å². The largest absolute Gasteiger partial charge is 0.375 e. The Kier molecular flexibility index (Phi) is 1.32. The average molecular weight is 163 g/mol. The van der Waals surface area contributed by atoms with E-state index in [0.29, 0.717) is 5.13 Å². The van der Waals surface area contributed by atoms with E-state index >= 15 is 0 Å². The van der Waals surface area contributed by atoms with Crippen molar-refractivity contribution in [3.63, 3.8) is 0 Å². The summed E-state index contributed by atoms with van der Waals surface area (Å²) >= 11 is 1.42. The number of nitrogen functional groups attached to an aromatic ring is 1. The van der Waals surface area contributed by atoms with Crippen LogP contribution in [0.1, 0.15) is 0 Å². The third kappa shape index (κ3) is 1.07. The molecule has 0 aliphatic rings. The minimum absolute atomic E-state index is 0.582. The summed E-state index contributed by atoms with van der Waals surface area (Å²) < 4.78 is 0. The molecule has 0 fully saturated rings. The van der Waals surface area contributed by atoms with Gasteiger partial charge in [0.15, 0.2) is 13.0 Å². The fraction of sp³-hybridized carbons (Fsp3) is 0. The predicted octanol–water partition coefficient (Wildman–Crippen LogP) is -0.468. The smallest absolute Gasteiger partial charge is 0.182 e. The lowest BCUT2D eigenvalue weighted by Crippen LogP contribution is -2.05. The molecule has 0 spiro atoms. The molecule has 0 unspecified atom stereocenters. The Morgan fingerprint density at radius 1 is 1.36 bits per heavy atom. The summed E-state index contributed by atoms with van der Waals surface area (Å²) in [5.41, 5.74) is 7.40. The Morgan fingerprint density at radius 2 is 2.18 bits per heavy atom. The molecule has 54 valence electrons. The lowest BCUT2D eigenvalue weighted by atomic mass is 10.0. The maximum Gasteiger partial charge on any atom is 0.182 e. The van der Waals surface area contributed by atoms with E-state index in [4.69, 9.17) is 5.73 Å². The quantitative estimate of drug-likeness (QED) is 0.534. The summed E-state index contributed by atoms with van der Waals surface area (Å²) in [4.78, 5) is 9.28. The Hall–Kier alpha value is -1.10. The zero-order chi connectivity index (χ0) is 7.84. The molecule has 5 heteroatoms. The number of anilines is 1. The number of hydrogen-bond donors (Lipinski definition) is 1. The van der Waals surface area contributed by atoms with Crippen molar-refractivity contribution in [3.05, 3.63) is 12.1 Å². The summed E-state index contributed by atoms with van der Waals surface area (Å²) in [6, 6.07) is 3.87. The molecule has 0 atom stereocenters. The van der Waals surface area contributed by atoms with Gasteiger partial charge in [-0.05, 0) is 17.7 Å². The van der Waals surface area contributed by atoms with E-state index in [-0.39, 0.29) is 0 Å². The third-order valence-corrected chi connectivity index (χ3v) is 2.21. The van der Waals surface area contributed by atoms with Gasteiger partial charge in [0.2, 0.25) is 0 Å². The van der Waals surface area contributed by atoms with Gasteiger partial charge in [-0.1, -0.05) is 11.3 Å². The normalized spacial score (nSPS) is 10.5. The van der Waals surface area contributed by atoms with Crippen molar-refractivity contribution in [1.82, 2.24) is 9.97 Å². The second kappa shape index (κ2) is 2.20. The van der Waals surface area contributed by atoms with Crippen LogP contribution < -0.4 is 11.3 Å². The summed E-state index contributed by atoms with van der Waals surface area (Å²) in [7, 11) is 1.95. The Balaban J connectivity index is 2.82. The molecule has 2 N–H and O–H groups in total. The summed E-state index contributed by atoms with van der Waals surface area (Å²) in [6.07, 6.45) is 0. The average Bonchev–Trinajstić information content (AvgIpc) is 2.27. The van der Waals surface area contributed by atoms with Gasteiger partial charge in [-0.3, -0.25) is 4.98 Å². The zero-order valence-electron chi connectivity index (χ0n) is 6.03. The summed E-state index contributed by atoms with van der Waals surface area (Å²) in [5.74, 6) is 0. The van der Waals surface area contributed by atoms with Crippen LogP contribution in [0.2, 0.25) is 0 Å². The molecule has 2 rings (SSSR count). The van der Waals surface area contributed by atoms with Crippen LogP contribution in [0.25, 0.3) is 10.3 Å². The number of aromatic nitrogens is 2. The van der Waals surface area contributed by atoms with Crippen LogP contribution in [-0.2, 0) is 0 Å². The Bertz CT molecular complexity index is 398. The Labute approximate surface area is 68.7 Å². The van der Waals surface area contributed by atoms with Crippen LogP contribution in [0.15, 0.2) is 12.1 Å². The minimum atomic E-state index is 0.582. The molecule has 0 aromatic carbocycles. The van der Waals surface area contributed by atoms with Crippen LogP contribution in [0.3, 0.4) is 0 Å². The van der Waals surface area contributed by atoms with E-state index < -0.39 is 0 Å². The van der Waals surface area contributed by atoms with Crippen LogP contribution in [0.4, 0.5) is 5.13 Å². The van der Waals surface area contributed by atoms with Gasteiger partial charge >= 0.3 is 0 Å². The minimum Gasteiger partial charge on any atom is -0.375 e. The molecule has 0 aliphatic heterocycles. The highest BCUT2D eigenvalue weighted by molar-refractivity contribution is 7.21. The second-order valence-electron chi connectivity index (χ2n) is 2.33. The predicted molar refractivity (Wildman–Crippen MR) is 50.0 cm³/mol. The van der Waals surface area contributed by atoms with Gasteiger partial charge in [-0.15, -0.1) is 0 Å². The first-order valence-corrected chi connectivity index (χ1v) is 4.07. The van der Waals surface area contributed by atoms with Crippen LogP contribution in [0.5, 0.6) is 0 Å². The van der Waals surface area contributed by atoms with Crippen molar-refractivity contribution in [3.8, 4) is 0 Å². The fourth-order valence-corrected chi connectivity index (χ4v) is 1.68. The van der Waals surface area contributed by atoms with Gasteiger partial charge in [0.1, 0.15) is 10.3 Å². The first-order valence-electron chi connectivity index (χ1n) is 3.25. The molecule has 0 saturated carbocycles.